The Labute approximate surface area is 440 Å². The van der Waals surface area contributed by atoms with E-state index in [1.807, 2.05) is 97.6 Å². The van der Waals surface area contributed by atoms with E-state index in [2.05, 4.69) is 40.3 Å². The number of nitrogens with one attached hydrogen (secondary N) is 4. The average molecular weight is 1020 g/mol. The Morgan fingerprint density at radius 3 is 1.69 bits per heavy atom. The Kier molecular flexibility index (Phi) is 21.2. The van der Waals surface area contributed by atoms with E-state index in [0.29, 0.717) is 58.2 Å². The summed E-state index contributed by atoms with van der Waals surface area (Å²) in [6, 6.07) is 26.8. The highest BCUT2D eigenvalue weighted by Crippen LogP contribution is 2.56. The summed E-state index contributed by atoms with van der Waals surface area (Å²) in [6.45, 7) is 19.6. The molecule has 1 saturated heterocycles. The topological polar surface area (TPSA) is 189 Å². The van der Waals surface area contributed by atoms with Crippen molar-refractivity contribution < 1.29 is 43.0 Å². The first kappa shape index (κ1) is 59.0. The number of alkyl carbamates (subject to hydrolysis) is 2. The molecule has 4 amide bonds. The van der Waals surface area contributed by atoms with Gasteiger partial charge in [-0.15, -0.1) is 0 Å². The van der Waals surface area contributed by atoms with E-state index in [-0.39, 0.29) is 66.3 Å². The summed E-state index contributed by atoms with van der Waals surface area (Å²) in [6.07, 6.45) is 3.47. The molecular formula is C60H85N5O9. The molecule has 14 heteroatoms. The van der Waals surface area contributed by atoms with Crippen LogP contribution in [0.15, 0.2) is 91.0 Å². The fraction of sp³-hybridized carbons (Fsp3) is 0.583. The molecule has 0 aromatic heterocycles. The van der Waals surface area contributed by atoms with Crippen LogP contribution in [0.2, 0.25) is 0 Å². The summed E-state index contributed by atoms with van der Waals surface area (Å²) in [5.74, 6) is -2.69. The van der Waals surface area contributed by atoms with Crippen LogP contribution in [-0.2, 0) is 46.3 Å². The van der Waals surface area contributed by atoms with Crippen molar-refractivity contribution in [2.75, 3.05) is 19.6 Å². The molecule has 1 saturated carbocycles. The third-order valence-corrected chi connectivity index (χ3v) is 14.3. The number of hydrogen-bond donors (Lipinski definition) is 4. The Morgan fingerprint density at radius 1 is 0.635 bits per heavy atom. The van der Waals surface area contributed by atoms with E-state index in [1.165, 1.54) is 0 Å². The van der Waals surface area contributed by atoms with Crippen LogP contribution >= 0.6 is 0 Å². The first-order valence-corrected chi connectivity index (χ1v) is 26.9. The van der Waals surface area contributed by atoms with Crippen LogP contribution < -0.4 is 21.3 Å². The molecule has 2 fully saturated rings. The van der Waals surface area contributed by atoms with E-state index in [1.54, 1.807) is 48.5 Å². The third kappa shape index (κ3) is 18.5. The quantitative estimate of drug-likeness (QED) is 0.0595. The van der Waals surface area contributed by atoms with Crippen molar-refractivity contribution in [3.05, 3.63) is 108 Å². The number of nitrogens with zero attached hydrogens (tertiary/aromatic N) is 1. The molecule has 4 N–H and O–H groups in total. The lowest BCUT2D eigenvalue weighted by Crippen LogP contribution is -2.67. The number of unbranched alkanes of at least 4 members (excludes halogenated alkanes) is 1. The number of benzene rings is 3. The fourth-order valence-electron chi connectivity index (χ4n) is 10.6. The Bertz CT molecular complexity index is 2330. The maximum Gasteiger partial charge on any atom is 0.408 e. The van der Waals surface area contributed by atoms with Crippen LogP contribution in [0.25, 0.3) is 0 Å². The lowest BCUT2D eigenvalue weighted by molar-refractivity contribution is -0.148. The lowest BCUT2D eigenvalue weighted by atomic mass is 9.52. The summed E-state index contributed by atoms with van der Waals surface area (Å²) in [7, 11) is 0. The SMILES string of the molecule is CC(=O)C1(N[C@@H](C)c2ccccc2)CC2(CCN(C(=O)[C@@H](CCCCNC(=O)OC(C)(C)C)CC(=O)[C@@H](CC(C)C)NC(=O)[C@H](CC(=O)[C@@H](Cc3ccccc3)NC(=O)OC(C)(C)C)Cc3ccccc3)CC2)C1. The number of ketones is 3. The van der Waals surface area contributed by atoms with E-state index >= 15 is 0 Å². The number of rotatable bonds is 25. The van der Waals surface area contributed by atoms with Crippen LogP contribution in [0.1, 0.15) is 156 Å². The van der Waals surface area contributed by atoms with Gasteiger partial charge in [0.15, 0.2) is 11.6 Å². The van der Waals surface area contributed by atoms with Crippen molar-refractivity contribution in [2.45, 2.75) is 181 Å². The number of hydrogen-bond acceptors (Lipinski definition) is 10. The molecular weight excluding hydrogens is 935 g/mol. The van der Waals surface area contributed by atoms with Gasteiger partial charge in [0.1, 0.15) is 17.0 Å². The summed E-state index contributed by atoms with van der Waals surface area (Å²) in [5, 5.41) is 12.3. The first-order valence-electron chi connectivity index (χ1n) is 26.9. The van der Waals surface area contributed by atoms with Gasteiger partial charge >= 0.3 is 12.2 Å². The van der Waals surface area contributed by atoms with E-state index in [0.717, 1.165) is 29.5 Å². The number of Topliss-reactive ketones (excluding diaryl/α,β-unsaturated/α-hetero) is 3. The van der Waals surface area contributed by atoms with Gasteiger partial charge in [0.05, 0.1) is 17.6 Å². The maximum atomic E-state index is 14.7. The molecule has 74 heavy (non-hydrogen) atoms. The van der Waals surface area contributed by atoms with Crippen molar-refractivity contribution in [1.82, 2.24) is 26.2 Å². The normalized spacial score (nSPS) is 17.1. The van der Waals surface area contributed by atoms with Crippen molar-refractivity contribution >= 4 is 41.4 Å². The zero-order valence-electron chi connectivity index (χ0n) is 45.9. The predicted octanol–water partition coefficient (Wildman–Crippen LogP) is 9.82. The minimum absolute atomic E-state index is 0.00660. The standard InChI is InChI=1S/C60H85N5O9/c1-41(2)34-49(62-53(69)48(35-44-22-14-11-15-23-44)38-52(68)50(36-45-24-16-12-17-25-45)63-56(72)74-58(8,9)10)51(67)37-47(28-20-21-31-61-55(71)73-57(5,6)7)54(70)65-32-29-59(30-33-65)39-60(40-59,43(4)66)64-42(3)46-26-18-13-19-27-46/h11-19,22-27,41-42,47-50,64H,20-21,28-40H2,1-10H3,(H,61,71)(H,62,69)(H,63,72)/t42-,47-,48-,49+,50+/m0/s1. The molecule has 0 bridgehead atoms. The maximum absolute atomic E-state index is 14.7. The Balaban J connectivity index is 1.32. The molecule has 5 atom stereocenters. The molecule has 5 rings (SSSR count). The van der Waals surface area contributed by atoms with Gasteiger partial charge in [-0.2, -0.15) is 0 Å². The van der Waals surface area contributed by atoms with Gasteiger partial charge in [-0.1, -0.05) is 111 Å². The van der Waals surface area contributed by atoms with Crippen molar-refractivity contribution in [1.29, 1.82) is 0 Å². The largest absolute Gasteiger partial charge is 0.444 e. The monoisotopic (exact) mass is 1020 g/mol. The Hall–Kier alpha value is -5.89. The van der Waals surface area contributed by atoms with Gasteiger partial charge in [-0.05, 0) is 141 Å². The van der Waals surface area contributed by atoms with Gasteiger partial charge in [-0.3, -0.25) is 29.3 Å². The highest BCUT2D eigenvalue weighted by molar-refractivity contribution is 5.95. The number of likely N-dealkylation sites (tertiary alicyclic amines) is 1. The van der Waals surface area contributed by atoms with Crippen molar-refractivity contribution in [3.8, 4) is 0 Å². The molecule has 1 heterocycles. The highest BCUT2D eigenvalue weighted by Gasteiger charge is 2.58. The Morgan fingerprint density at radius 2 is 1.15 bits per heavy atom. The first-order chi connectivity index (χ1) is 34.8. The minimum Gasteiger partial charge on any atom is -0.444 e. The van der Waals surface area contributed by atoms with Gasteiger partial charge in [-0.25, -0.2) is 9.59 Å². The summed E-state index contributed by atoms with van der Waals surface area (Å²) >= 11 is 0. The molecule has 0 radical (unpaired) electrons. The molecule has 0 unspecified atom stereocenters. The molecule has 404 valence electrons. The van der Waals surface area contributed by atoms with E-state index in [4.69, 9.17) is 9.47 Å². The smallest absolute Gasteiger partial charge is 0.408 e. The summed E-state index contributed by atoms with van der Waals surface area (Å²) in [4.78, 5) is 99.1. The third-order valence-electron chi connectivity index (χ3n) is 14.3. The second-order valence-electron chi connectivity index (χ2n) is 23.5. The number of ether oxygens (including phenoxy) is 2. The van der Waals surface area contributed by atoms with Gasteiger partial charge in [0.25, 0.3) is 0 Å². The molecule has 14 nitrogen and oxygen atoms in total. The molecule has 1 aliphatic carbocycles. The van der Waals surface area contributed by atoms with Gasteiger partial charge in [0, 0.05) is 50.4 Å². The van der Waals surface area contributed by atoms with Crippen molar-refractivity contribution in [3.63, 3.8) is 0 Å². The average Bonchev–Trinajstić information content (AvgIpc) is 3.31. The van der Waals surface area contributed by atoms with Crippen LogP contribution in [0.5, 0.6) is 0 Å². The number of piperidine rings is 1. The van der Waals surface area contributed by atoms with Crippen molar-refractivity contribution in [2.24, 2.45) is 23.2 Å². The second-order valence-corrected chi connectivity index (χ2v) is 23.5. The predicted molar refractivity (Wildman–Crippen MR) is 288 cm³/mol. The molecule has 1 spiro atoms. The second kappa shape index (κ2) is 26.5. The minimum atomic E-state index is -0.997. The van der Waals surface area contributed by atoms with E-state index < -0.39 is 58.8 Å². The summed E-state index contributed by atoms with van der Waals surface area (Å²) < 4.78 is 10.9. The number of carbonyl (C=O) groups is 7. The molecule has 3 aromatic carbocycles. The molecule has 3 aromatic rings. The fourth-order valence-corrected chi connectivity index (χ4v) is 10.6. The number of carbonyl (C=O) groups excluding carboxylic acids is 7. The lowest BCUT2D eigenvalue weighted by Gasteiger charge is -2.59. The zero-order valence-corrected chi connectivity index (χ0v) is 45.9. The zero-order chi connectivity index (χ0) is 54.3. The summed E-state index contributed by atoms with van der Waals surface area (Å²) in [5.41, 5.74) is 0.593. The van der Waals surface area contributed by atoms with Gasteiger partial charge in [0.2, 0.25) is 11.8 Å². The number of amides is 4. The van der Waals surface area contributed by atoms with E-state index in [9.17, 15) is 33.6 Å². The molecule has 2 aliphatic rings. The van der Waals surface area contributed by atoms with Crippen LogP contribution in [0.4, 0.5) is 9.59 Å². The van der Waals surface area contributed by atoms with Crippen LogP contribution in [-0.4, -0.2) is 94.7 Å². The van der Waals surface area contributed by atoms with Crippen LogP contribution in [0.3, 0.4) is 0 Å². The highest BCUT2D eigenvalue weighted by atomic mass is 16.6. The molecule has 1 aliphatic heterocycles. The van der Waals surface area contributed by atoms with Crippen LogP contribution in [0, 0.1) is 23.2 Å². The van der Waals surface area contributed by atoms with Gasteiger partial charge < -0.3 is 30.3 Å².